The first kappa shape index (κ1) is 15.5. The number of hydrogen-bond acceptors (Lipinski definition) is 3. The highest BCUT2D eigenvalue weighted by Crippen LogP contribution is 2.39. The minimum Gasteiger partial charge on any atom is -0.304 e. The predicted molar refractivity (Wildman–Crippen MR) is 86.4 cm³/mol. The molecule has 1 saturated carbocycles. The molecular formula is C16H16Cl2N2O2. The predicted octanol–water partition coefficient (Wildman–Crippen LogP) is 3.40. The van der Waals surface area contributed by atoms with Crippen LogP contribution >= 0.6 is 23.2 Å². The summed E-state index contributed by atoms with van der Waals surface area (Å²) < 4.78 is 0. The van der Waals surface area contributed by atoms with Crippen LogP contribution in [0.25, 0.3) is 0 Å². The Labute approximate surface area is 139 Å². The number of carbonyl (C=O) groups excluding carboxylic acids is 2. The molecule has 0 atom stereocenters. The fraction of sp³-hybridized carbons (Fsp3) is 0.438. The molecule has 0 aromatic heterocycles. The van der Waals surface area contributed by atoms with Gasteiger partial charge in [-0.1, -0.05) is 30.2 Å². The topological polar surface area (TPSA) is 49.7 Å². The summed E-state index contributed by atoms with van der Waals surface area (Å²) in [4.78, 5) is 30.4. The summed E-state index contributed by atoms with van der Waals surface area (Å²) in [6.07, 6.45) is 4.65. The second kappa shape index (κ2) is 6.01. The van der Waals surface area contributed by atoms with Crippen LogP contribution in [0.4, 0.5) is 0 Å². The van der Waals surface area contributed by atoms with Gasteiger partial charge in [0.25, 0.3) is 5.91 Å². The van der Waals surface area contributed by atoms with Crippen molar-refractivity contribution in [2.45, 2.75) is 37.8 Å². The highest BCUT2D eigenvalue weighted by molar-refractivity contribution is 6.64. The first-order valence-electron chi connectivity index (χ1n) is 7.38. The summed E-state index contributed by atoms with van der Waals surface area (Å²) in [5.41, 5.74) is 0.451. The van der Waals surface area contributed by atoms with Gasteiger partial charge in [-0.3, -0.25) is 14.6 Å². The molecule has 1 spiro atoms. The van der Waals surface area contributed by atoms with E-state index >= 15 is 0 Å². The van der Waals surface area contributed by atoms with E-state index in [1.54, 1.807) is 18.2 Å². The molecule has 1 fully saturated rings. The molecule has 22 heavy (non-hydrogen) atoms. The smallest absolute Gasteiger partial charge is 0.275 e. The Morgan fingerprint density at radius 3 is 2.64 bits per heavy atom. The Kier molecular flexibility index (Phi) is 4.24. The normalized spacial score (nSPS) is 20.4. The van der Waals surface area contributed by atoms with Crippen molar-refractivity contribution in [3.8, 4) is 0 Å². The number of carbonyl (C=O) groups is 2. The Morgan fingerprint density at radius 2 is 2.00 bits per heavy atom. The van der Waals surface area contributed by atoms with E-state index in [0.717, 1.165) is 32.1 Å². The van der Waals surface area contributed by atoms with Crippen LogP contribution in [-0.4, -0.2) is 34.0 Å². The van der Waals surface area contributed by atoms with E-state index in [9.17, 15) is 9.59 Å². The Hall–Kier alpha value is -1.39. The van der Waals surface area contributed by atoms with Gasteiger partial charge in [0, 0.05) is 10.6 Å². The van der Waals surface area contributed by atoms with Gasteiger partial charge in [0.2, 0.25) is 5.24 Å². The third-order valence-corrected chi connectivity index (χ3v) is 4.66. The van der Waals surface area contributed by atoms with Crippen LogP contribution in [0.5, 0.6) is 0 Å². The zero-order valence-corrected chi connectivity index (χ0v) is 13.5. The summed E-state index contributed by atoms with van der Waals surface area (Å²) in [7, 11) is 0. The van der Waals surface area contributed by atoms with E-state index in [1.807, 2.05) is 6.07 Å². The van der Waals surface area contributed by atoms with Crippen LogP contribution in [0.3, 0.4) is 0 Å². The summed E-state index contributed by atoms with van der Waals surface area (Å²) in [6, 6.07) is 7.07. The lowest BCUT2D eigenvalue weighted by molar-refractivity contribution is -0.132. The second-order valence-corrected chi connectivity index (χ2v) is 6.62. The van der Waals surface area contributed by atoms with Crippen LogP contribution in [-0.2, 0) is 9.59 Å². The van der Waals surface area contributed by atoms with Crippen molar-refractivity contribution in [2.75, 3.05) is 6.54 Å². The third-order valence-electron chi connectivity index (χ3n) is 4.30. The number of hydrogen-bond donors (Lipinski definition) is 0. The van der Waals surface area contributed by atoms with Gasteiger partial charge in [-0.25, -0.2) is 0 Å². The third kappa shape index (κ3) is 2.77. The van der Waals surface area contributed by atoms with E-state index in [-0.39, 0.29) is 12.5 Å². The molecule has 0 bridgehead atoms. The first-order chi connectivity index (χ1) is 10.5. The van der Waals surface area contributed by atoms with E-state index in [2.05, 4.69) is 0 Å². The van der Waals surface area contributed by atoms with Gasteiger partial charge >= 0.3 is 0 Å². The van der Waals surface area contributed by atoms with Crippen molar-refractivity contribution in [2.24, 2.45) is 4.99 Å². The molecule has 1 heterocycles. The van der Waals surface area contributed by atoms with E-state index in [1.165, 1.54) is 4.90 Å². The molecule has 6 heteroatoms. The molecule has 2 aliphatic rings. The largest absolute Gasteiger partial charge is 0.304 e. The molecule has 0 N–H and O–H groups in total. The minimum atomic E-state index is -0.614. The van der Waals surface area contributed by atoms with Crippen molar-refractivity contribution in [1.82, 2.24) is 4.90 Å². The molecular weight excluding hydrogens is 323 g/mol. The molecule has 4 nitrogen and oxygen atoms in total. The zero-order chi connectivity index (χ0) is 15.7. The molecule has 0 radical (unpaired) electrons. The second-order valence-electron chi connectivity index (χ2n) is 5.76. The SMILES string of the molecule is O=C(Cl)CN1C(=O)C(c2cccc(Cl)c2)=NC12CCCCC2. The average molecular weight is 339 g/mol. The van der Waals surface area contributed by atoms with Crippen molar-refractivity contribution in [1.29, 1.82) is 0 Å². The maximum absolute atomic E-state index is 12.8. The van der Waals surface area contributed by atoms with Gasteiger partial charge in [0.15, 0.2) is 0 Å². The highest BCUT2D eigenvalue weighted by Gasteiger charge is 2.48. The molecule has 1 amide bonds. The highest BCUT2D eigenvalue weighted by atomic mass is 35.5. The molecule has 1 aliphatic heterocycles. The first-order valence-corrected chi connectivity index (χ1v) is 8.13. The summed E-state index contributed by atoms with van der Waals surface area (Å²) in [5.74, 6) is -0.238. The molecule has 1 aromatic rings. The fourth-order valence-electron chi connectivity index (χ4n) is 3.30. The summed E-state index contributed by atoms with van der Waals surface area (Å²) in [6.45, 7) is -0.103. The van der Waals surface area contributed by atoms with Crippen molar-refractivity contribution in [3.63, 3.8) is 0 Å². The lowest BCUT2D eigenvalue weighted by Gasteiger charge is -2.38. The van der Waals surface area contributed by atoms with Crippen LogP contribution in [0.15, 0.2) is 29.3 Å². The van der Waals surface area contributed by atoms with Crippen molar-refractivity contribution < 1.29 is 9.59 Å². The number of nitrogens with zero attached hydrogens (tertiary/aromatic N) is 2. The van der Waals surface area contributed by atoms with Crippen LogP contribution in [0, 0.1) is 0 Å². The number of benzene rings is 1. The van der Waals surface area contributed by atoms with Crippen molar-refractivity contribution >= 4 is 40.1 Å². The standard InChI is InChI=1S/C16H16Cl2N2O2/c17-12-6-4-5-11(9-12)14-15(22)20(10-13(18)21)16(19-14)7-2-1-3-8-16/h4-6,9H,1-3,7-8,10H2. The number of amides is 1. The maximum atomic E-state index is 12.8. The fourth-order valence-corrected chi connectivity index (χ4v) is 3.61. The number of rotatable bonds is 3. The molecule has 0 unspecified atom stereocenters. The lowest BCUT2D eigenvalue weighted by Crippen LogP contribution is -2.49. The Balaban J connectivity index is 2.02. The van der Waals surface area contributed by atoms with Gasteiger partial charge in [-0.15, -0.1) is 0 Å². The van der Waals surface area contributed by atoms with Gasteiger partial charge < -0.3 is 4.90 Å². The van der Waals surface area contributed by atoms with Gasteiger partial charge in [-0.2, -0.15) is 0 Å². The lowest BCUT2D eigenvalue weighted by atomic mass is 9.88. The maximum Gasteiger partial charge on any atom is 0.275 e. The van der Waals surface area contributed by atoms with E-state index in [0.29, 0.717) is 16.3 Å². The molecule has 116 valence electrons. The van der Waals surface area contributed by atoms with E-state index < -0.39 is 10.9 Å². The molecule has 1 aromatic carbocycles. The van der Waals surface area contributed by atoms with Crippen LogP contribution < -0.4 is 0 Å². The average Bonchev–Trinajstić information content (AvgIpc) is 2.74. The van der Waals surface area contributed by atoms with Crippen molar-refractivity contribution in [3.05, 3.63) is 34.9 Å². The van der Waals surface area contributed by atoms with E-state index in [4.69, 9.17) is 28.2 Å². The van der Waals surface area contributed by atoms with Gasteiger partial charge in [0.1, 0.15) is 11.4 Å². The molecule has 1 aliphatic carbocycles. The number of aliphatic imine (C=N–C) groups is 1. The van der Waals surface area contributed by atoms with Crippen LogP contribution in [0.1, 0.15) is 37.7 Å². The van der Waals surface area contributed by atoms with Gasteiger partial charge in [0.05, 0.1) is 6.54 Å². The zero-order valence-electron chi connectivity index (χ0n) is 12.0. The number of halogens is 2. The van der Waals surface area contributed by atoms with Crippen LogP contribution in [0.2, 0.25) is 5.02 Å². The quantitative estimate of drug-likeness (QED) is 0.793. The molecule has 3 rings (SSSR count). The Bertz CT molecular complexity index is 651. The Morgan fingerprint density at radius 1 is 1.27 bits per heavy atom. The monoisotopic (exact) mass is 338 g/mol. The summed E-state index contributed by atoms with van der Waals surface area (Å²) >= 11 is 11.6. The molecule has 0 saturated heterocycles. The van der Waals surface area contributed by atoms with Gasteiger partial charge in [-0.05, 0) is 49.4 Å². The summed E-state index contributed by atoms with van der Waals surface area (Å²) in [5, 5.41) is 0.0124. The minimum absolute atomic E-state index is 0.103.